The maximum absolute atomic E-state index is 13.1. The van der Waals surface area contributed by atoms with E-state index in [0.717, 1.165) is 18.8 Å². The molecule has 3 rings (SSSR count). The molecule has 1 aromatic carbocycles. The highest BCUT2D eigenvalue weighted by atomic mass is 16.5. The van der Waals surface area contributed by atoms with Gasteiger partial charge in [-0.2, -0.15) is 0 Å². The number of benzene rings is 1. The smallest absolute Gasteiger partial charge is 0.256 e. The van der Waals surface area contributed by atoms with Crippen LogP contribution in [-0.2, 0) is 9.47 Å². The zero-order chi connectivity index (χ0) is 16.2. The maximum Gasteiger partial charge on any atom is 0.256 e. The van der Waals surface area contributed by atoms with Gasteiger partial charge in [0, 0.05) is 25.3 Å². The lowest BCUT2D eigenvalue weighted by Crippen LogP contribution is -2.47. The van der Waals surface area contributed by atoms with Gasteiger partial charge in [-0.15, -0.1) is 0 Å². The van der Waals surface area contributed by atoms with Crippen LogP contribution in [0.25, 0.3) is 0 Å². The lowest BCUT2D eigenvalue weighted by atomic mass is 10.1. The molecule has 6 heteroatoms. The third-order valence-corrected chi connectivity index (χ3v) is 4.51. The fourth-order valence-electron chi connectivity index (χ4n) is 3.25. The molecule has 1 amide bonds. The van der Waals surface area contributed by atoms with E-state index in [4.69, 9.17) is 9.47 Å². The summed E-state index contributed by atoms with van der Waals surface area (Å²) in [5.41, 5.74) is 1.61. The number of ether oxygens (including phenoxy) is 2. The van der Waals surface area contributed by atoms with Gasteiger partial charge in [-0.25, -0.2) is 0 Å². The van der Waals surface area contributed by atoms with E-state index in [1.807, 2.05) is 31.2 Å². The number of carbonyl (C=O) groups excluding carboxylic acids is 1. The van der Waals surface area contributed by atoms with E-state index in [0.29, 0.717) is 38.5 Å². The number of likely N-dealkylation sites (N-methyl/N-ethyl adjacent to an activating group) is 1. The molecule has 0 spiro atoms. The van der Waals surface area contributed by atoms with Gasteiger partial charge in [-0.1, -0.05) is 12.1 Å². The van der Waals surface area contributed by atoms with Gasteiger partial charge in [0.25, 0.3) is 5.91 Å². The molecule has 0 aliphatic carbocycles. The van der Waals surface area contributed by atoms with Gasteiger partial charge >= 0.3 is 0 Å². The Hall–Kier alpha value is -1.63. The topological polar surface area (TPSA) is 62.2 Å². The minimum atomic E-state index is -0.616. The third-order valence-electron chi connectivity index (χ3n) is 4.51. The zero-order valence-electron chi connectivity index (χ0n) is 13.5. The quantitative estimate of drug-likeness (QED) is 0.887. The second kappa shape index (κ2) is 7.29. The molecule has 23 heavy (non-hydrogen) atoms. The van der Waals surface area contributed by atoms with Crippen LogP contribution in [0.4, 0.5) is 5.69 Å². The summed E-state index contributed by atoms with van der Waals surface area (Å²) in [6.07, 6.45) is -0.616. The fourth-order valence-corrected chi connectivity index (χ4v) is 3.25. The monoisotopic (exact) mass is 320 g/mol. The number of carbonyl (C=O) groups is 1. The molecule has 0 aromatic heterocycles. The van der Waals surface area contributed by atoms with Crippen molar-refractivity contribution in [3.8, 4) is 0 Å². The van der Waals surface area contributed by atoms with Crippen LogP contribution in [-0.4, -0.2) is 74.1 Å². The Morgan fingerprint density at radius 1 is 1.26 bits per heavy atom. The molecule has 126 valence electrons. The van der Waals surface area contributed by atoms with Crippen molar-refractivity contribution in [2.45, 2.75) is 19.1 Å². The Morgan fingerprint density at radius 2 is 2.00 bits per heavy atom. The number of amides is 1. The first-order chi connectivity index (χ1) is 11.2. The molecule has 0 unspecified atom stereocenters. The fraction of sp³-hybridized carbons (Fsp3) is 0.588. The van der Waals surface area contributed by atoms with Crippen molar-refractivity contribution in [1.82, 2.24) is 4.90 Å². The van der Waals surface area contributed by atoms with Crippen LogP contribution < -0.4 is 4.90 Å². The number of nitrogens with zero attached hydrogens (tertiary/aromatic N) is 2. The molecular weight excluding hydrogens is 296 g/mol. The van der Waals surface area contributed by atoms with Crippen LogP contribution in [0.1, 0.15) is 17.3 Å². The molecule has 2 saturated heterocycles. The summed E-state index contributed by atoms with van der Waals surface area (Å²) in [4.78, 5) is 17.0. The first kappa shape index (κ1) is 16.2. The summed E-state index contributed by atoms with van der Waals surface area (Å²) in [7, 11) is 0. The van der Waals surface area contributed by atoms with E-state index in [9.17, 15) is 9.90 Å². The molecule has 0 bridgehead atoms. The van der Waals surface area contributed by atoms with Crippen LogP contribution >= 0.6 is 0 Å². The summed E-state index contributed by atoms with van der Waals surface area (Å²) in [5.74, 6) is -0.0517. The highest BCUT2D eigenvalue weighted by molar-refractivity contribution is 6.00. The Balaban J connectivity index is 1.86. The maximum atomic E-state index is 13.1. The van der Waals surface area contributed by atoms with E-state index in [1.54, 1.807) is 4.90 Å². The van der Waals surface area contributed by atoms with Crippen LogP contribution in [0, 0.1) is 0 Å². The molecule has 1 N–H and O–H groups in total. The summed E-state index contributed by atoms with van der Waals surface area (Å²) in [6.45, 7) is 6.07. The predicted octanol–water partition coefficient (Wildman–Crippen LogP) is 0.745. The van der Waals surface area contributed by atoms with Crippen molar-refractivity contribution < 1.29 is 19.4 Å². The van der Waals surface area contributed by atoms with Crippen molar-refractivity contribution in [2.75, 3.05) is 51.0 Å². The van der Waals surface area contributed by atoms with Gasteiger partial charge in [0.15, 0.2) is 0 Å². The normalized spacial score (nSPS) is 24.7. The van der Waals surface area contributed by atoms with Gasteiger partial charge in [0.1, 0.15) is 0 Å². The van der Waals surface area contributed by atoms with Crippen molar-refractivity contribution in [3.63, 3.8) is 0 Å². The summed E-state index contributed by atoms with van der Waals surface area (Å²) >= 11 is 0. The minimum absolute atomic E-state index is 0.0517. The predicted molar refractivity (Wildman–Crippen MR) is 86.8 cm³/mol. The van der Waals surface area contributed by atoms with Gasteiger partial charge in [0.2, 0.25) is 0 Å². The number of hydrogen-bond donors (Lipinski definition) is 1. The van der Waals surface area contributed by atoms with Crippen molar-refractivity contribution in [1.29, 1.82) is 0 Å². The van der Waals surface area contributed by atoms with Crippen LogP contribution in [0.15, 0.2) is 24.3 Å². The number of rotatable bonds is 4. The number of aliphatic hydroxyl groups excluding tert-OH is 1. The molecule has 2 fully saturated rings. The number of para-hydroxylation sites is 1. The molecule has 2 atom stereocenters. The molecule has 1 aromatic rings. The lowest BCUT2D eigenvalue weighted by molar-refractivity contribution is 0.0520. The van der Waals surface area contributed by atoms with Crippen molar-refractivity contribution in [2.24, 2.45) is 0 Å². The van der Waals surface area contributed by atoms with E-state index < -0.39 is 6.10 Å². The number of anilines is 1. The number of hydrogen-bond acceptors (Lipinski definition) is 5. The zero-order valence-corrected chi connectivity index (χ0v) is 13.5. The van der Waals surface area contributed by atoms with Gasteiger partial charge in [0.05, 0.1) is 44.1 Å². The average molecular weight is 320 g/mol. The largest absolute Gasteiger partial charge is 0.388 e. The standard InChI is InChI=1S/C17H24N2O4/c1-2-19(15-11-23-12-16(15)20)17(21)13-5-3-4-6-14(13)18-7-9-22-10-8-18/h3-6,15-16,20H,2,7-12H2,1H3/t15-,16-/m0/s1. The van der Waals surface area contributed by atoms with E-state index >= 15 is 0 Å². The Bertz CT molecular complexity index is 545. The third kappa shape index (κ3) is 3.34. The molecule has 2 heterocycles. The van der Waals surface area contributed by atoms with Gasteiger partial charge in [-0.05, 0) is 19.1 Å². The molecule has 0 saturated carbocycles. The first-order valence-corrected chi connectivity index (χ1v) is 8.21. The second-order valence-corrected chi connectivity index (χ2v) is 5.88. The molecule has 2 aliphatic heterocycles. The summed E-state index contributed by atoms with van der Waals surface area (Å²) < 4.78 is 10.7. The molecule has 0 radical (unpaired) electrons. The van der Waals surface area contributed by atoms with Crippen molar-refractivity contribution in [3.05, 3.63) is 29.8 Å². The van der Waals surface area contributed by atoms with Crippen LogP contribution in [0.2, 0.25) is 0 Å². The molecule has 2 aliphatic rings. The van der Waals surface area contributed by atoms with E-state index in [-0.39, 0.29) is 11.9 Å². The van der Waals surface area contributed by atoms with Gasteiger partial charge in [-0.3, -0.25) is 4.79 Å². The number of aliphatic hydroxyl groups is 1. The lowest BCUT2D eigenvalue weighted by Gasteiger charge is -2.33. The Morgan fingerprint density at radius 3 is 2.65 bits per heavy atom. The van der Waals surface area contributed by atoms with Crippen molar-refractivity contribution >= 4 is 11.6 Å². The second-order valence-electron chi connectivity index (χ2n) is 5.88. The van der Waals surface area contributed by atoms with Crippen LogP contribution in [0.3, 0.4) is 0 Å². The highest BCUT2D eigenvalue weighted by Crippen LogP contribution is 2.25. The molecular formula is C17H24N2O4. The van der Waals surface area contributed by atoms with E-state index in [2.05, 4.69) is 4.90 Å². The van der Waals surface area contributed by atoms with E-state index in [1.165, 1.54) is 0 Å². The summed E-state index contributed by atoms with van der Waals surface area (Å²) in [5, 5.41) is 10.1. The Kier molecular flexibility index (Phi) is 5.15. The van der Waals surface area contributed by atoms with Crippen LogP contribution in [0.5, 0.6) is 0 Å². The average Bonchev–Trinajstić information content (AvgIpc) is 3.02. The number of morpholine rings is 1. The Labute approximate surface area is 136 Å². The molecule has 6 nitrogen and oxygen atoms in total. The SMILES string of the molecule is CCN(C(=O)c1ccccc1N1CCOCC1)[C@H]1COC[C@@H]1O. The minimum Gasteiger partial charge on any atom is -0.388 e. The first-order valence-electron chi connectivity index (χ1n) is 8.21. The van der Waals surface area contributed by atoms with Gasteiger partial charge < -0.3 is 24.4 Å². The highest BCUT2D eigenvalue weighted by Gasteiger charge is 2.35. The summed E-state index contributed by atoms with van der Waals surface area (Å²) in [6, 6.07) is 7.40.